The van der Waals surface area contributed by atoms with Crippen LogP contribution in [-0.2, 0) is 20.9 Å². The van der Waals surface area contributed by atoms with E-state index in [1.54, 1.807) is 4.90 Å². The molecule has 2 saturated heterocycles. The number of ether oxygens (including phenoxy) is 2. The predicted molar refractivity (Wildman–Crippen MR) is 75.5 cm³/mol. The van der Waals surface area contributed by atoms with Gasteiger partial charge in [-0.15, -0.1) is 0 Å². The highest BCUT2D eigenvalue weighted by molar-refractivity contribution is 5.72. The summed E-state index contributed by atoms with van der Waals surface area (Å²) >= 11 is 0. The molecule has 112 valence electrons. The number of benzene rings is 1. The second-order valence-corrected chi connectivity index (χ2v) is 5.68. The first-order valence-corrected chi connectivity index (χ1v) is 7.34. The average Bonchev–Trinajstić information content (AvgIpc) is 2.87. The van der Waals surface area contributed by atoms with E-state index in [2.05, 4.69) is 0 Å². The van der Waals surface area contributed by atoms with Gasteiger partial charge >= 0.3 is 12.1 Å². The molecule has 0 radical (unpaired) electrons. The van der Waals surface area contributed by atoms with Gasteiger partial charge < -0.3 is 14.4 Å². The second kappa shape index (κ2) is 5.76. The molecule has 0 atom stereocenters. The largest absolute Gasteiger partial charge is 0.459 e. The van der Waals surface area contributed by atoms with Crippen molar-refractivity contribution >= 4 is 12.1 Å². The lowest BCUT2D eigenvalue weighted by atomic mass is 9.89. The zero-order valence-electron chi connectivity index (χ0n) is 11.9. The molecule has 5 heteroatoms. The summed E-state index contributed by atoms with van der Waals surface area (Å²) in [6, 6.07) is 9.62. The third-order valence-corrected chi connectivity index (χ3v) is 4.25. The van der Waals surface area contributed by atoms with E-state index in [0.29, 0.717) is 32.4 Å². The van der Waals surface area contributed by atoms with Gasteiger partial charge in [0.15, 0.2) is 0 Å². The molecule has 5 nitrogen and oxygen atoms in total. The molecule has 0 aliphatic carbocycles. The van der Waals surface area contributed by atoms with Crippen LogP contribution in [0.3, 0.4) is 0 Å². The number of carbonyl (C=O) groups is 2. The van der Waals surface area contributed by atoms with Gasteiger partial charge in [0.2, 0.25) is 0 Å². The van der Waals surface area contributed by atoms with Gasteiger partial charge in [0.25, 0.3) is 0 Å². The van der Waals surface area contributed by atoms with E-state index in [1.165, 1.54) is 0 Å². The van der Waals surface area contributed by atoms with Gasteiger partial charge in [0.1, 0.15) is 12.2 Å². The number of rotatable bonds is 2. The first-order valence-electron chi connectivity index (χ1n) is 7.34. The number of hydrogen-bond acceptors (Lipinski definition) is 4. The van der Waals surface area contributed by atoms with E-state index in [-0.39, 0.29) is 24.3 Å². The molecule has 1 aromatic carbocycles. The Labute approximate surface area is 123 Å². The minimum absolute atomic E-state index is 0.116. The monoisotopic (exact) mass is 289 g/mol. The van der Waals surface area contributed by atoms with Gasteiger partial charge in [-0.05, 0) is 12.0 Å². The summed E-state index contributed by atoms with van der Waals surface area (Å²) < 4.78 is 10.7. The fourth-order valence-corrected chi connectivity index (χ4v) is 2.93. The van der Waals surface area contributed by atoms with Crippen LogP contribution >= 0.6 is 0 Å². The van der Waals surface area contributed by atoms with Crippen LogP contribution in [0.5, 0.6) is 0 Å². The molecule has 21 heavy (non-hydrogen) atoms. The maximum Gasteiger partial charge on any atom is 0.410 e. The Bertz CT molecular complexity index is 520. The Kier molecular flexibility index (Phi) is 3.82. The van der Waals surface area contributed by atoms with Gasteiger partial charge in [0, 0.05) is 32.4 Å². The molecule has 0 bridgehead atoms. The van der Waals surface area contributed by atoms with Crippen molar-refractivity contribution in [2.75, 3.05) is 13.1 Å². The van der Waals surface area contributed by atoms with Crippen molar-refractivity contribution in [3.05, 3.63) is 35.9 Å². The molecular formula is C16H19NO4. The summed E-state index contributed by atoms with van der Waals surface area (Å²) in [7, 11) is 0. The Morgan fingerprint density at radius 3 is 2.52 bits per heavy atom. The Balaban J connectivity index is 1.48. The lowest BCUT2D eigenvalue weighted by Crippen LogP contribution is -2.46. The number of nitrogens with zero attached hydrogens (tertiary/aromatic N) is 1. The Morgan fingerprint density at radius 1 is 1.19 bits per heavy atom. The SMILES string of the molecule is O=C1CCC2(CCN(C(=O)OCc3ccccc3)CC2)O1. The molecule has 1 spiro atoms. The summed E-state index contributed by atoms with van der Waals surface area (Å²) in [5.74, 6) is -0.116. The topological polar surface area (TPSA) is 55.8 Å². The van der Waals surface area contributed by atoms with Crippen LogP contribution < -0.4 is 0 Å². The highest BCUT2D eigenvalue weighted by Crippen LogP contribution is 2.36. The van der Waals surface area contributed by atoms with Gasteiger partial charge in [-0.1, -0.05) is 30.3 Å². The first kappa shape index (κ1) is 13.9. The number of amides is 1. The maximum absolute atomic E-state index is 12.0. The molecule has 2 aliphatic heterocycles. The van der Waals surface area contributed by atoms with E-state index in [0.717, 1.165) is 12.0 Å². The number of esters is 1. The van der Waals surface area contributed by atoms with Crippen LogP contribution in [0.4, 0.5) is 4.79 Å². The van der Waals surface area contributed by atoms with E-state index in [9.17, 15) is 9.59 Å². The molecule has 2 heterocycles. The second-order valence-electron chi connectivity index (χ2n) is 5.68. The number of carbonyl (C=O) groups excluding carboxylic acids is 2. The molecule has 2 fully saturated rings. The number of piperidine rings is 1. The van der Waals surface area contributed by atoms with Crippen molar-refractivity contribution in [1.29, 1.82) is 0 Å². The van der Waals surface area contributed by atoms with Crippen molar-refractivity contribution in [3.63, 3.8) is 0 Å². The normalized spacial score (nSPS) is 20.4. The summed E-state index contributed by atoms with van der Waals surface area (Å²) in [4.78, 5) is 25.0. The van der Waals surface area contributed by atoms with Crippen molar-refractivity contribution in [2.24, 2.45) is 0 Å². The average molecular weight is 289 g/mol. The van der Waals surface area contributed by atoms with Crippen LogP contribution in [-0.4, -0.2) is 35.7 Å². The molecule has 1 aromatic rings. The van der Waals surface area contributed by atoms with Crippen molar-refractivity contribution in [3.8, 4) is 0 Å². The zero-order valence-corrected chi connectivity index (χ0v) is 11.9. The minimum Gasteiger partial charge on any atom is -0.459 e. The highest BCUT2D eigenvalue weighted by Gasteiger charge is 2.43. The molecule has 2 aliphatic rings. The van der Waals surface area contributed by atoms with Crippen molar-refractivity contribution in [2.45, 2.75) is 37.9 Å². The molecule has 0 saturated carbocycles. The Hall–Kier alpha value is -2.04. The fraction of sp³-hybridized carbons (Fsp3) is 0.500. The van der Waals surface area contributed by atoms with Crippen molar-refractivity contribution < 1.29 is 19.1 Å². The molecule has 3 rings (SSSR count). The number of hydrogen-bond donors (Lipinski definition) is 0. The molecule has 0 N–H and O–H groups in total. The smallest absolute Gasteiger partial charge is 0.410 e. The lowest BCUT2D eigenvalue weighted by molar-refractivity contribution is -0.151. The maximum atomic E-state index is 12.0. The van der Waals surface area contributed by atoms with Crippen LogP contribution in [0.1, 0.15) is 31.2 Å². The van der Waals surface area contributed by atoms with Crippen LogP contribution in [0.15, 0.2) is 30.3 Å². The number of likely N-dealkylation sites (tertiary alicyclic amines) is 1. The van der Waals surface area contributed by atoms with Gasteiger partial charge in [-0.2, -0.15) is 0 Å². The van der Waals surface area contributed by atoms with Crippen LogP contribution in [0, 0.1) is 0 Å². The lowest BCUT2D eigenvalue weighted by Gasteiger charge is -2.37. The molecule has 0 unspecified atom stereocenters. The van der Waals surface area contributed by atoms with E-state index in [4.69, 9.17) is 9.47 Å². The minimum atomic E-state index is -0.326. The zero-order chi connectivity index (χ0) is 14.7. The summed E-state index contributed by atoms with van der Waals surface area (Å²) in [6.07, 6.45) is 2.40. The summed E-state index contributed by atoms with van der Waals surface area (Å²) in [6.45, 7) is 1.46. The summed E-state index contributed by atoms with van der Waals surface area (Å²) in [5.41, 5.74) is 0.650. The van der Waals surface area contributed by atoms with Crippen molar-refractivity contribution in [1.82, 2.24) is 4.90 Å². The fourth-order valence-electron chi connectivity index (χ4n) is 2.93. The van der Waals surface area contributed by atoms with E-state index >= 15 is 0 Å². The molecular weight excluding hydrogens is 270 g/mol. The van der Waals surface area contributed by atoms with Crippen LogP contribution in [0.25, 0.3) is 0 Å². The quantitative estimate of drug-likeness (QED) is 0.785. The van der Waals surface area contributed by atoms with E-state index < -0.39 is 0 Å². The van der Waals surface area contributed by atoms with Gasteiger partial charge in [-0.3, -0.25) is 4.79 Å². The first-order chi connectivity index (χ1) is 10.2. The Morgan fingerprint density at radius 2 is 1.90 bits per heavy atom. The molecule has 1 amide bonds. The van der Waals surface area contributed by atoms with Gasteiger partial charge in [-0.25, -0.2) is 4.79 Å². The van der Waals surface area contributed by atoms with E-state index in [1.807, 2.05) is 30.3 Å². The molecule has 0 aromatic heterocycles. The van der Waals surface area contributed by atoms with Gasteiger partial charge in [0.05, 0.1) is 0 Å². The highest BCUT2D eigenvalue weighted by atomic mass is 16.6. The third-order valence-electron chi connectivity index (χ3n) is 4.25. The van der Waals surface area contributed by atoms with Crippen LogP contribution in [0.2, 0.25) is 0 Å². The third kappa shape index (κ3) is 3.17. The predicted octanol–water partition coefficient (Wildman–Crippen LogP) is 2.49. The summed E-state index contributed by atoms with van der Waals surface area (Å²) in [5, 5.41) is 0. The standard InChI is InChI=1S/C16H19NO4/c18-14-6-7-16(21-14)8-10-17(11-9-16)15(19)20-12-13-4-2-1-3-5-13/h1-5H,6-12H2.